The summed E-state index contributed by atoms with van der Waals surface area (Å²) >= 11 is 0. The van der Waals surface area contributed by atoms with E-state index in [1.54, 1.807) is 25.7 Å². The summed E-state index contributed by atoms with van der Waals surface area (Å²) in [6.07, 6.45) is 16.2. The molecule has 2 fully saturated rings. The second-order valence-corrected chi connectivity index (χ2v) is 5.51. The van der Waals surface area contributed by atoms with Crippen LogP contribution in [-0.4, -0.2) is 0 Å². The number of hydrogen-bond acceptors (Lipinski definition) is 0. The molecule has 0 atom stereocenters. The van der Waals surface area contributed by atoms with Gasteiger partial charge in [0, 0.05) is 0 Å². The Kier molecular flexibility index (Phi) is 3.52. The van der Waals surface area contributed by atoms with Crippen LogP contribution < -0.4 is 0 Å². The van der Waals surface area contributed by atoms with Gasteiger partial charge in [-0.25, -0.2) is 0 Å². The zero-order valence-electron chi connectivity index (χ0n) is 9.56. The standard InChI is InChI=1S/C14H25/c1-2-3-4-10-14(11-5-6-12-14)13-8-7-9-13/h13H,1-12H2. The molecule has 81 valence electrons. The minimum absolute atomic E-state index is 0.813. The maximum absolute atomic E-state index is 3.95. The molecule has 0 N–H and O–H groups in total. The monoisotopic (exact) mass is 193 g/mol. The van der Waals surface area contributed by atoms with Crippen LogP contribution in [0.15, 0.2) is 0 Å². The van der Waals surface area contributed by atoms with Crippen LogP contribution in [0.5, 0.6) is 0 Å². The Balaban J connectivity index is 1.85. The van der Waals surface area contributed by atoms with Gasteiger partial charge < -0.3 is 0 Å². The molecule has 0 aromatic carbocycles. The largest absolute Gasteiger partial charge is 0.0533 e. The van der Waals surface area contributed by atoms with Crippen molar-refractivity contribution in [2.45, 2.75) is 70.6 Å². The Morgan fingerprint density at radius 3 is 2.21 bits per heavy atom. The molecule has 0 aromatic heterocycles. The van der Waals surface area contributed by atoms with Gasteiger partial charge >= 0.3 is 0 Å². The van der Waals surface area contributed by atoms with E-state index in [1.807, 2.05) is 0 Å². The van der Waals surface area contributed by atoms with Gasteiger partial charge in [-0.05, 0) is 43.4 Å². The summed E-state index contributed by atoms with van der Waals surface area (Å²) in [5, 5.41) is 0. The third-order valence-corrected chi connectivity index (χ3v) is 4.75. The summed E-state index contributed by atoms with van der Waals surface area (Å²) in [7, 11) is 0. The van der Waals surface area contributed by atoms with E-state index in [0.717, 1.165) is 17.8 Å². The van der Waals surface area contributed by atoms with Gasteiger partial charge in [0.05, 0.1) is 0 Å². The molecule has 2 rings (SSSR count). The molecule has 2 saturated carbocycles. The highest BCUT2D eigenvalue weighted by molar-refractivity contribution is 4.93. The molecule has 0 spiro atoms. The van der Waals surface area contributed by atoms with Crippen molar-refractivity contribution in [3.8, 4) is 0 Å². The lowest BCUT2D eigenvalue weighted by Crippen LogP contribution is -2.32. The van der Waals surface area contributed by atoms with Crippen LogP contribution in [0, 0.1) is 18.3 Å². The van der Waals surface area contributed by atoms with E-state index in [9.17, 15) is 0 Å². The second-order valence-electron chi connectivity index (χ2n) is 5.51. The van der Waals surface area contributed by atoms with Gasteiger partial charge in [-0.3, -0.25) is 0 Å². The van der Waals surface area contributed by atoms with Crippen LogP contribution in [0.1, 0.15) is 70.6 Å². The third kappa shape index (κ3) is 1.99. The van der Waals surface area contributed by atoms with Crippen molar-refractivity contribution in [2.24, 2.45) is 11.3 Å². The quantitative estimate of drug-likeness (QED) is 0.553. The second kappa shape index (κ2) is 4.68. The first-order chi connectivity index (χ1) is 6.87. The van der Waals surface area contributed by atoms with Gasteiger partial charge in [0.15, 0.2) is 0 Å². The topological polar surface area (TPSA) is 0 Å². The minimum atomic E-state index is 0.813. The smallest absolute Gasteiger partial charge is 0.0269 e. The lowest BCUT2D eigenvalue weighted by atomic mass is 9.62. The highest BCUT2D eigenvalue weighted by Gasteiger charge is 2.42. The van der Waals surface area contributed by atoms with Crippen LogP contribution in [0.25, 0.3) is 0 Å². The van der Waals surface area contributed by atoms with Crippen LogP contribution >= 0.6 is 0 Å². The van der Waals surface area contributed by atoms with Gasteiger partial charge in [0.2, 0.25) is 0 Å². The normalized spacial score (nSPS) is 26.4. The Labute approximate surface area is 89.5 Å². The lowest BCUT2D eigenvalue weighted by Gasteiger charge is -2.43. The van der Waals surface area contributed by atoms with Crippen molar-refractivity contribution in [1.82, 2.24) is 0 Å². The summed E-state index contributed by atoms with van der Waals surface area (Å²) in [6, 6.07) is 0. The van der Waals surface area contributed by atoms with E-state index < -0.39 is 0 Å². The maximum atomic E-state index is 3.95. The van der Waals surface area contributed by atoms with Gasteiger partial charge in [0.1, 0.15) is 0 Å². The van der Waals surface area contributed by atoms with E-state index in [1.165, 1.54) is 38.5 Å². The average molecular weight is 193 g/mol. The first kappa shape index (κ1) is 10.5. The molecule has 0 nitrogen and oxygen atoms in total. The zero-order chi connectivity index (χ0) is 9.86. The Hall–Kier alpha value is 0. The summed E-state index contributed by atoms with van der Waals surface area (Å²) in [6.45, 7) is 3.95. The van der Waals surface area contributed by atoms with Crippen molar-refractivity contribution in [3.05, 3.63) is 6.92 Å². The Morgan fingerprint density at radius 2 is 1.71 bits per heavy atom. The summed E-state index contributed by atoms with van der Waals surface area (Å²) < 4.78 is 0. The van der Waals surface area contributed by atoms with E-state index in [0.29, 0.717) is 0 Å². The van der Waals surface area contributed by atoms with Crippen LogP contribution in [0.4, 0.5) is 0 Å². The number of hydrogen-bond donors (Lipinski definition) is 0. The summed E-state index contributed by atoms with van der Waals surface area (Å²) in [5.41, 5.74) is 0.813. The van der Waals surface area contributed by atoms with Crippen LogP contribution in [0.2, 0.25) is 0 Å². The Bertz CT molecular complexity index is 161. The molecule has 1 radical (unpaired) electrons. The molecule has 0 unspecified atom stereocenters. The van der Waals surface area contributed by atoms with Crippen molar-refractivity contribution < 1.29 is 0 Å². The fourth-order valence-corrected chi connectivity index (χ4v) is 3.62. The van der Waals surface area contributed by atoms with Crippen molar-refractivity contribution in [2.75, 3.05) is 0 Å². The number of rotatable bonds is 5. The molecule has 14 heavy (non-hydrogen) atoms. The van der Waals surface area contributed by atoms with Crippen LogP contribution in [-0.2, 0) is 0 Å². The molecule has 0 heterocycles. The summed E-state index contributed by atoms with van der Waals surface area (Å²) in [5.74, 6) is 1.12. The van der Waals surface area contributed by atoms with E-state index in [-0.39, 0.29) is 0 Å². The van der Waals surface area contributed by atoms with Gasteiger partial charge in [-0.1, -0.05) is 45.4 Å². The predicted octanol–water partition coefficient (Wildman–Crippen LogP) is 4.74. The van der Waals surface area contributed by atoms with Crippen molar-refractivity contribution >= 4 is 0 Å². The molecule has 0 aliphatic heterocycles. The minimum Gasteiger partial charge on any atom is -0.0533 e. The molecule has 0 bridgehead atoms. The Morgan fingerprint density at radius 1 is 1.00 bits per heavy atom. The van der Waals surface area contributed by atoms with Crippen molar-refractivity contribution in [1.29, 1.82) is 0 Å². The molecule has 0 saturated heterocycles. The van der Waals surface area contributed by atoms with E-state index >= 15 is 0 Å². The maximum Gasteiger partial charge on any atom is -0.0269 e. The van der Waals surface area contributed by atoms with Gasteiger partial charge in [0.25, 0.3) is 0 Å². The third-order valence-electron chi connectivity index (χ3n) is 4.75. The lowest BCUT2D eigenvalue weighted by molar-refractivity contribution is 0.0757. The average Bonchev–Trinajstić information content (AvgIpc) is 2.51. The highest BCUT2D eigenvalue weighted by Crippen LogP contribution is 2.54. The fourth-order valence-electron chi connectivity index (χ4n) is 3.62. The predicted molar refractivity (Wildman–Crippen MR) is 62.1 cm³/mol. The molecular weight excluding hydrogens is 168 g/mol. The van der Waals surface area contributed by atoms with E-state index in [4.69, 9.17) is 0 Å². The molecule has 0 amide bonds. The molecule has 2 aliphatic rings. The zero-order valence-corrected chi connectivity index (χ0v) is 9.56. The molecule has 0 heteroatoms. The SMILES string of the molecule is [CH2]CCCCC1(C2CCC2)CCCC1. The van der Waals surface area contributed by atoms with Crippen molar-refractivity contribution in [3.63, 3.8) is 0 Å². The van der Waals surface area contributed by atoms with Gasteiger partial charge in [-0.2, -0.15) is 0 Å². The molecular formula is C14H25. The first-order valence-electron chi connectivity index (χ1n) is 6.67. The first-order valence-corrected chi connectivity index (χ1v) is 6.67. The summed E-state index contributed by atoms with van der Waals surface area (Å²) in [4.78, 5) is 0. The molecule has 0 aromatic rings. The fraction of sp³-hybridized carbons (Fsp3) is 0.929. The van der Waals surface area contributed by atoms with Crippen LogP contribution in [0.3, 0.4) is 0 Å². The highest BCUT2D eigenvalue weighted by atomic mass is 14.5. The molecule has 2 aliphatic carbocycles. The van der Waals surface area contributed by atoms with E-state index in [2.05, 4.69) is 6.92 Å². The van der Waals surface area contributed by atoms with Gasteiger partial charge in [-0.15, -0.1) is 0 Å². The number of unbranched alkanes of at least 4 members (excludes halogenated alkanes) is 2.